The molecule has 0 fully saturated rings. The van der Waals surface area contributed by atoms with E-state index in [2.05, 4.69) is 17.2 Å². The van der Waals surface area contributed by atoms with Crippen molar-refractivity contribution in [2.45, 2.75) is 17.2 Å². The molecule has 9 heteroatoms. The largest absolute Gasteiger partial charge is 0.501 e. The van der Waals surface area contributed by atoms with E-state index < -0.39 is 26.8 Å². The zero-order chi connectivity index (χ0) is 15.8. The van der Waals surface area contributed by atoms with Gasteiger partial charge in [0.05, 0.1) is 27.5 Å². The molecule has 2 aromatic rings. The lowest BCUT2D eigenvalue weighted by atomic mass is 10.1. The van der Waals surface area contributed by atoms with Crippen LogP contribution in [0.25, 0.3) is 10.2 Å². The Bertz CT molecular complexity index is 825. The number of benzene rings is 1. The summed E-state index contributed by atoms with van der Waals surface area (Å²) in [5.74, 6) is -1.98. The van der Waals surface area contributed by atoms with Crippen molar-refractivity contribution in [2.75, 3.05) is 6.26 Å². The van der Waals surface area contributed by atoms with Gasteiger partial charge in [0.2, 0.25) is 0 Å². The van der Waals surface area contributed by atoms with E-state index in [1.165, 1.54) is 12.1 Å². The second-order valence-electron chi connectivity index (χ2n) is 4.44. The topological polar surface area (TPSA) is 105 Å². The van der Waals surface area contributed by atoms with Gasteiger partial charge in [-0.3, -0.25) is 4.79 Å². The van der Waals surface area contributed by atoms with Gasteiger partial charge in [0, 0.05) is 6.26 Å². The standard InChI is InChI=1S/C12H11NO5S3/c1-21(17,18)6-2-3-8-9(4-6)20-11(13-8)7(12(16)19)5-10(14)15/h2-4,7H,5H2,1H3,(H,14,15)(H,16,19). The molecule has 1 heterocycles. The molecule has 6 nitrogen and oxygen atoms in total. The molecule has 0 spiro atoms. The Labute approximate surface area is 130 Å². The number of rotatable bonds is 5. The lowest BCUT2D eigenvalue weighted by Crippen LogP contribution is -2.14. The molecule has 0 saturated heterocycles. The van der Waals surface area contributed by atoms with E-state index in [-0.39, 0.29) is 11.3 Å². The van der Waals surface area contributed by atoms with Gasteiger partial charge in [0.25, 0.3) is 0 Å². The number of hydrogen-bond acceptors (Lipinski definition) is 6. The fraction of sp³-hybridized carbons (Fsp3) is 0.250. The van der Waals surface area contributed by atoms with E-state index in [0.717, 1.165) is 17.6 Å². The summed E-state index contributed by atoms with van der Waals surface area (Å²) >= 11 is 5.79. The first-order valence-corrected chi connectivity index (χ1v) is 8.85. The Kier molecular flexibility index (Phi) is 4.26. The van der Waals surface area contributed by atoms with Gasteiger partial charge in [-0.05, 0) is 30.4 Å². The van der Waals surface area contributed by atoms with Gasteiger partial charge in [-0.2, -0.15) is 0 Å². The average Bonchev–Trinajstić information content (AvgIpc) is 2.76. The summed E-state index contributed by atoms with van der Waals surface area (Å²) < 4.78 is 23.6. The molecule has 21 heavy (non-hydrogen) atoms. The number of thiocarbonyl (C=S) groups is 1. The van der Waals surface area contributed by atoms with Crippen LogP contribution in [0.2, 0.25) is 0 Å². The van der Waals surface area contributed by atoms with Crippen molar-refractivity contribution in [1.29, 1.82) is 0 Å². The van der Waals surface area contributed by atoms with Crippen LogP contribution in [0.5, 0.6) is 0 Å². The Morgan fingerprint density at radius 3 is 2.62 bits per heavy atom. The minimum Gasteiger partial charge on any atom is -0.501 e. The van der Waals surface area contributed by atoms with Crippen molar-refractivity contribution in [3.05, 3.63) is 23.2 Å². The highest BCUT2D eigenvalue weighted by Crippen LogP contribution is 2.31. The summed E-state index contributed by atoms with van der Waals surface area (Å²) in [7, 11) is -3.33. The SMILES string of the molecule is CS(=O)(=O)c1ccc2nc(C(CC(=O)O)C(O)=S)sc2c1. The van der Waals surface area contributed by atoms with Crippen molar-refractivity contribution in [2.24, 2.45) is 0 Å². The molecule has 2 rings (SSSR count). The third-order valence-electron chi connectivity index (χ3n) is 2.78. The van der Waals surface area contributed by atoms with E-state index in [0.29, 0.717) is 15.2 Å². The lowest BCUT2D eigenvalue weighted by Gasteiger charge is -2.07. The highest BCUT2D eigenvalue weighted by molar-refractivity contribution is 7.90. The predicted octanol–water partition coefficient (Wildman–Crippen LogP) is 2.14. The molecule has 1 aromatic heterocycles. The number of aliphatic carboxylic acids is 1. The van der Waals surface area contributed by atoms with Gasteiger partial charge in [-0.1, -0.05) is 0 Å². The van der Waals surface area contributed by atoms with E-state index in [4.69, 9.17) is 5.11 Å². The molecule has 1 unspecified atom stereocenters. The van der Waals surface area contributed by atoms with E-state index in [1.807, 2.05) is 0 Å². The molecule has 0 amide bonds. The first kappa shape index (κ1) is 15.8. The van der Waals surface area contributed by atoms with Crippen molar-refractivity contribution in [3.8, 4) is 0 Å². The summed E-state index contributed by atoms with van der Waals surface area (Å²) in [5, 5.41) is 18.2. The quantitative estimate of drug-likeness (QED) is 0.800. The van der Waals surface area contributed by atoms with Crippen LogP contribution in [0.15, 0.2) is 23.1 Å². The first-order chi connectivity index (χ1) is 9.68. The van der Waals surface area contributed by atoms with Gasteiger partial charge in [0.1, 0.15) is 5.01 Å². The predicted molar refractivity (Wildman–Crippen MR) is 83.0 cm³/mol. The first-order valence-electron chi connectivity index (χ1n) is 5.73. The zero-order valence-corrected chi connectivity index (χ0v) is 13.3. The zero-order valence-electron chi connectivity index (χ0n) is 10.8. The number of carbonyl (C=O) groups is 1. The number of fused-ring (bicyclic) bond motifs is 1. The number of nitrogens with zero attached hydrogens (tertiary/aromatic N) is 1. The van der Waals surface area contributed by atoms with Crippen molar-refractivity contribution in [1.82, 2.24) is 4.98 Å². The summed E-state index contributed by atoms with van der Waals surface area (Å²) in [6, 6.07) is 4.46. The highest BCUT2D eigenvalue weighted by atomic mass is 32.2. The minimum atomic E-state index is -3.33. The molecule has 1 atom stereocenters. The van der Waals surface area contributed by atoms with Crippen LogP contribution in [0.1, 0.15) is 17.3 Å². The molecule has 0 aliphatic heterocycles. The van der Waals surface area contributed by atoms with Crippen molar-refractivity contribution in [3.63, 3.8) is 0 Å². The summed E-state index contributed by atoms with van der Waals surface area (Å²) in [4.78, 5) is 15.2. The van der Waals surface area contributed by atoms with Gasteiger partial charge in [0.15, 0.2) is 14.9 Å². The molecule has 112 valence electrons. The number of aliphatic hydroxyl groups is 1. The van der Waals surface area contributed by atoms with Crippen LogP contribution < -0.4 is 0 Å². The number of sulfone groups is 1. The average molecular weight is 345 g/mol. The fourth-order valence-electron chi connectivity index (χ4n) is 1.76. The maximum atomic E-state index is 11.5. The van der Waals surface area contributed by atoms with Crippen LogP contribution in [0, 0.1) is 0 Å². The summed E-state index contributed by atoms with van der Waals surface area (Å²) in [6.07, 6.45) is 0.736. The molecule has 0 radical (unpaired) electrons. The Morgan fingerprint density at radius 1 is 1.43 bits per heavy atom. The normalized spacial score (nSPS) is 13.2. The Morgan fingerprint density at radius 2 is 2.10 bits per heavy atom. The smallest absolute Gasteiger partial charge is 0.304 e. The monoisotopic (exact) mass is 345 g/mol. The molecule has 0 saturated carbocycles. The summed E-state index contributed by atoms with van der Waals surface area (Å²) in [6.45, 7) is 0. The number of thiazole rings is 1. The van der Waals surface area contributed by atoms with Crippen LogP contribution in [-0.2, 0) is 14.6 Å². The van der Waals surface area contributed by atoms with Gasteiger partial charge < -0.3 is 10.2 Å². The van der Waals surface area contributed by atoms with E-state index >= 15 is 0 Å². The second-order valence-corrected chi connectivity index (χ2v) is 7.94. The van der Waals surface area contributed by atoms with Gasteiger partial charge in [-0.15, -0.1) is 11.3 Å². The molecule has 1 aromatic carbocycles. The third kappa shape index (κ3) is 3.55. The number of carboxylic acids is 1. The van der Waals surface area contributed by atoms with E-state index in [1.54, 1.807) is 6.07 Å². The fourth-order valence-corrected chi connectivity index (χ4v) is 3.86. The molecule has 0 aliphatic carbocycles. The number of carboxylic acid groups (broad SMARTS) is 1. The highest BCUT2D eigenvalue weighted by Gasteiger charge is 2.24. The second kappa shape index (κ2) is 5.66. The minimum absolute atomic E-state index is 0.159. The molecular formula is C12H11NO5S3. The van der Waals surface area contributed by atoms with Gasteiger partial charge >= 0.3 is 5.97 Å². The van der Waals surface area contributed by atoms with Crippen LogP contribution in [-0.4, -0.2) is 40.9 Å². The maximum Gasteiger partial charge on any atom is 0.304 e. The number of aromatic nitrogens is 1. The lowest BCUT2D eigenvalue weighted by molar-refractivity contribution is -0.137. The molecule has 2 N–H and O–H groups in total. The molecule has 0 aliphatic rings. The molecule has 0 bridgehead atoms. The van der Waals surface area contributed by atoms with Crippen molar-refractivity contribution < 1.29 is 23.4 Å². The van der Waals surface area contributed by atoms with Crippen LogP contribution >= 0.6 is 23.6 Å². The Balaban J connectivity index is 2.51. The summed E-state index contributed by atoms with van der Waals surface area (Å²) in [5.41, 5.74) is 0.536. The number of hydrogen-bond donors (Lipinski definition) is 2. The molecular weight excluding hydrogens is 334 g/mol. The van der Waals surface area contributed by atoms with Crippen molar-refractivity contribution >= 4 is 54.6 Å². The number of aliphatic hydroxyl groups excluding tert-OH is 1. The maximum absolute atomic E-state index is 11.5. The van der Waals surface area contributed by atoms with Crippen LogP contribution in [0.3, 0.4) is 0 Å². The van der Waals surface area contributed by atoms with Crippen LogP contribution in [0.4, 0.5) is 0 Å². The third-order valence-corrected chi connectivity index (χ3v) is 5.31. The van der Waals surface area contributed by atoms with Gasteiger partial charge in [-0.25, -0.2) is 13.4 Å². The van der Waals surface area contributed by atoms with E-state index in [9.17, 15) is 18.3 Å². The Hall–Kier alpha value is -1.58.